The van der Waals surface area contributed by atoms with E-state index in [0.717, 1.165) is 6.42 Å². The predicted octanol–water partition coefficient (Wildman–Crippen LogP) is 2.33. The van der Waals surface area contributed by atoms with Crippen LogP contribution < -0.4 is 73.4 Å². The summed E-state index contributed by atoms with van der Waals surface area (Å²) >= 11 is 0. The predicted molar refractivity (Wildman–Crippen MR) is 100 cm³/mol. The van der Waals surface area contributed by atoms with E-state index in [1.54, 1.807) is 0 Å². The van der Waals surface area contributed by atoms with Crippen LogP contribution in [0.3, 0.4) is 0 Å². The van der Waals surface area contributed by atoms with Crippen LogP contribution in [0, 0.1) is 0 Å². The third kappa shape index (κ3) is 36.3. The average Bonchev–Trinajstić information content (AvgIpc) is 2.06. The molecule has 0 aliphatic heterocycles. The molecule has 0 aliphatic rings. The molecule has 1 atom stereocenters. The molecule has 36 N–H and O–H groups in total. The van der Waals surface area contributed by atoms with Gasteiger partial charge in [-0.05, 0) is 12.0 Å². The summed E-state index contributed by atoms with van der Waals surface area (Å²) in [5.41, 5.74) is 6.73. The number of hydrogen-bond donors (Lipinski definition) is 13. The van der Waals surface area contributed by atoms with Crippen molar-refractivity contribution < 1.29 is 5.11 Å². The highest BCUT2D eigenvalue weighted by Gasteiger charge is 1.99. The van der Waals surface area contributed by atoms with E-state index in [-0.39, 0.29) is 80.3 Å². The molecule has 1 aromatic rings. The number of aliphatic hydroxyl groups excluding tert-OH is 1. The van der Waals surface area contributed by atoms with Crippen molar-refractivity contribution >= 4 is 0 Å². The highest BCUT2D eigenvalue weighted by Crippen LogP contribution is 2.00. The molecule has 1 rings (SSSR count). The molecule has 0 bridgehead atoms. The Kier molecular flexibility index (Phi) is 195. The SMILES string of the molecule is N.N.N.N.N.N.N.N.N.N.N.NC(CO)Cc1ccccc1. The molecular formula is C9H46N12O. The lowest BCUT2D eigenvalue weighted by atomic mass is 10.1. The van der Waals surface area contributed by atoms with Gasteiger partial charge in [0.15, 0.2) is 0 Å². The molecule has 148 valence electrons. The minimum Gasteiger partial charge on any atom is -0.395 e. The molecule has 0 heterocycles. The number of rotatable bonds is 3. The summed E-state index contributed by atoms with van der Waals surface area (Å²) in [5, 5.41) is 8.67. The van der Waals surface area contributed by atoms with Crippen molar-refractivity contribution in [2.24, 2.45) is 5.73 Å². The monoisotopic (exact) mass is 338 g/mol. The van der Waals surface area contributed by atoms with Crippen LogP contribution >= 0.6 is 0 Å². The summed E-state index contributed by atoms with van der Waals surface area (Å²) in [5.74, 6) is 0. The second kappa shape index (κ2) is 50.3. The van der Waals surface area contributed by atoms with Crippen molar-refractivity contribution in [1.82, 2.24) is 67.7 Å². The summed E-state index contributed by atoms with van der Waals surface area (Å²) in [6.07, 6.45) is 0.747. The normalized spacial score (nSPS) is 6.45. The number of hydrogen-bond acceptors (Lipinski definition) is 13. The van der Waals surface area contributed by atoms with Gasteiger partial charge in [-0.25, -0.2) is 0 Å². The maximum absolute atomic E-state index is 8.67. The molecule has 0 saturated carbocycles. The van der Waals surface area contributed by atoms with Crippen LogP contribution in [-0.2, 0) is 6.42 Å². The number of benzene rings is 1. The molecule has 0 spiro atoms. The molecular weight excluding hydrogens is 292 g/mol. The second-order valence-corrected chi connectivity index (χ2v) is 2.63. The van der Waals surface area contributed by atoms with Gasteiger partial charge < -0.3 is 78.5 Å². The summed E-state index contributed by atoms with van der Waals surface area (Å²) in [6.45, 7) is 0.0505. The smallest absolute Gasteiger partial charge is 0.0585 e. The van der Waals surface area contributed by atoms with E-state index < -0.39 is 0 Å². The second-order valence-electron chi connectivity index (χ2n) is 2.63. The zero-order valence-electron chi connectivity index (χ0n) is 14.2. The van der Waals surface area contributed by atoms with Crippen molar-refractivity contribution in [3.8, 4) is 0 Å². The van der Waals surface area contributed by atoms with Crippen LogP contribution in [-0.4, -0.2) is 17.8 Å². The quantitative estimate of drug-likeness (QED) is 0.376. The highest BCUT2D eigenvalue weighted by atomic mass is 16.3. The Morgan fingerprint density at radius 1 is 0.682 bits per heavy atom. The van der Waals surface area contributed by atoms with Gasteiger partial charge in [0, 0.05) is 6.04 Å². The zero-order chi connectivity index (χ0) is 8.10. The van der Waals surface area contributed by atoms with Crippen LogP contribution in [0.5, 0.6) is 0 Å². The molecule has 13 heteroatoms. The number of aliphatic hydroxyl groups is 1. The summed E-state index contributed by atoms with van der Waals surface area (Å²) in [4.78, 5) is 0. The van der Waals surface area contributed by atoms with E-state index in [4.69, 9.17) is 10.8 Å². The van der Waals surface area contributed by atoms with Gasteiger partial charge in [0.25, 0.3) is 0 Å². The molecule has 0 aromatic heterocycles. The first-order valence-corrected chi connectivity index (χ1v) is 3.73. The summed E-state index contributed by atoms with van der Waals surface area (Å²) in [7, 11) is 0. The largest absolute Gasteiger partial charge is 0.395 e. The fourth-order valence-electron chi connectivity index (χ4n) is 0.981. The first-order chi connectivity index (χ1) is 5.33. The molecule has 0 aliphatic carbocycles. The maximum atomic E-state index is 8.67. The molecule has 13 nitrogen and oxygen atoms in total. The Morgan fingerprint density at radius 2 is 1.00 bits per heavy atom. The minimum absolute atomic E-state index is 0. The lowest BCUT2D eigenvalue weighted by Crippen LogP contribution is -2.26. The van der Waals surface area contributed by atoms with Crippen LogP contribution in [0.2, 0.25) is 0 Å². The highest BCUT2D eigenvalue weighted by molar-refractivity contribution is 5.15. The van der Waals surface area contributed by atoms with Gasteiger partial charge in [-0.15, -0.1) is 0 Å². The molecule has 1 aromatic carbocycles. The Labute approximate surface area is 134 Å². The lowest BCUT2D eigenvalue weighted by molar-refractivity contribution is 0.265. The lowest BCUT2D eigenvalue weighted by Gasteiger charge is -2.06. The van der Waals surface area contributed by atoms with E-state index in [0.29, 0.717) is 0 Å². The van der Waals surface area contributed by atoms with Gasteiger partial charge in [0.1, 0.15) is 0 Å². The van der Waals surface area contributed by atoms with Gasteiger partial charge >= 0.3 is 0 Å². The van der Waals surface area contributed by atoms with Gasteiger partial charge in [-0.1, -0.05) is 30.3 Å². The van der Waals surface area contributed by atoms with E-state index >= 15 is 0 Å². The van der Waals surface area contributed by atoms with Crippen molar-refractivity contribution in [3.63, 3.8) is 0 Å². The molecule has 1 unspecified atom stereocenters. The van der Waals surface area contributed by atoms with Crippen molar-refractivity contribution in [2.45, 2.75) is 12.5 Å². The van der Waals surface area contributed by atoms with Crippen molar-refractivity contribution in [1.29, 1.82) is 0 Å². The van der Waals surface area contributed by atoms with Crippen LogP contribution in [0.4, 0.5) is 0 Å². The first-order valence-electron chi connectivity index (χ1n) is 3.73. The van der Waals surface area contributed by atoms with E-state index in [1.165, 1.54) is 5.56 Å². The van der Waals surface area contributed by atoms with Gasteiger partial charge in [0.2, 0.25) is 0 Å². The fourth-order valence-corrected chi connectivity index (χ4v) is 0.981. The minimum atomic E-state index is -0.127. The Balaban J connectivity index is -0.0000000122. The van der Waals surface area contributed by atoms with Gasteiger partial charge in [-0.2, -0.15) is 0 Å². The average molecular weight is 339 g/mol. The van der Waals surface area contributed by atoms with Gasteiger partial charge in [0.05, 0.1) is 6.61 Å². The van der Waals surface area contributed by atoms with Crippen LogP contribution in [0.15, 0.2) is 30.3 Å². The Hall–Kier alpha value is -1.30. The maximum Gasteiger partial charge on any atom is 0.0585 e. The standard InChI is InChI=1S/C9H13NO.11H3N/c10-9(7-11)6-8-4-2-1-3-5-8;;;;;;;;;;;/h1-5,9,11H,6-7,10H2;11*1H3. The van der Waals surface area contributed by atoms with E-state index in [2.05, 4.69) is 0 Å². The van der Waals surface area contributed by atoms with Gasteiger partial charge in [-0.3, -0.25) is 0 Å². The fraction of sp³-hybridized carbons (Fsp3) is 0.333. The molecule has 0 radical (unpaired) electrons. The molecule has 22 heavy (non-hydrogen) atoms. The third-order valence-corrected chi connectivity index (χ3v) is 1.58. The molecule has 0 amide bonds. The third-order valence-electron chi connectivity index (χ3n) is 1.58. The summed E-state index contributed by atoms with van der Waals surface area (Å²) in [6, 6.07) is 9.80. The first kappa shape index (κ1) is 85.4. The number of nitrogens with two attached hydrogens (primary N) is 1. The van der Waals surface area contributed by atoms with E-state index in [9.17, 15) is 0 Å². The molecule has 0 fully saturated rings. The topological polar surface area (TPSA) is 431 Å². The Morgan fingerprint density at radius 3 is 1.27 bits per heavy atom. The molecule has 0 saturated heterocycles. The van der Waals surface area contributed by atoms with Crippen molar-refractivity contribution in [2.75, 3.05) is 6.61 Å². The van der Waals surface area contributed by atoms with E-state index in [1.807, 2.05) is 30.3 Å². The summed E-state index contributed by atoms with van der Waals surface area (Å²) < 4.78 is 0. The zero-order valence-corrected chi connectivity index (χ0v) is 14.2. The van der Waals surface area contributed by atoms with Crippen molar-refractivity contribution in [3.05, 3.63) is 35.9 Å². The Bertz CT molecular complexity index is 215. The van der Waals surface area contributed by atoms with Crippen LogP contribution in [0.1, 0.15) is 5.56 Å². The van der Waals surface area contributed by atoms with Crippen LogP contribution in [0.25, 0.3) is 0 Å².